The summed E-state index contributed by atoms with van der Waals surface area (Å²) in [4.78, 5) is 16.9. The molecule has 5 heteroatoms. The van der Waals surface area contributed by atoms with E-state index < -0.39 is 0 Å². The van der Waals surface area contributed by atoms with Crippen molar-refractivity contribution in [2.24, 2.45) is 5.92 Å². The second-order valence-electron chi connectivity index (χ2n) is 6.19. The number of rotatable bonds is 3. The van der Waals surface area contributed by atoms with Crippen molar-refractivity contribution in [3.63, 3.8) is 0 Å². The van der Waals surface area contributed by atoms with Crippen LogP contribution in [0.25, 0.3) is 0 Å². The van der Waals surface area contributed by atoms with E-state index in [9.17, 15) is 4.79 Å². The number of hydrogen-bond acceptors (Lipinski definition) is 4. The predicted molar refractivity (Wildman–Crippen MR) is 72.9 cm³/mol. The molecule has 2 aliphatic heterocycles. The van der Waals surface area contributed by atoms with Gasteiger partial charge in [0.1, 0.15) is 0 Å². The third kappa shape index (κ3) is 2.93. The number of amides is 1. The fourth-order valence-corrected chi connectivity index (χ4v) is 3.17. The zero-order valence-corrected chi connectivity index (χ0v) is 11.8. The molecule has 1 aliphatic carbocycles. The maximum atomic E-state index is 12.1. The first-order valence-corrected chi connectivity index (χ1v) is 7.55. The van der Waals surface area contributed by atoms with Crippen LogP contribution in [0.5, 0.6) is 0 Å². The molecule has 3 aliphatic rings. The van der Waals surface area contributed by atoms with E-state index in [2.05, 4.69) is 22.2 Å². The van der Waals surface area contributed by atoms with Gasteiger partial charge in [0.2, 0.25) is 5.91 Å². The largest absolute Gasteiger partial charge is 0.378 e. The van der Waals surface area contributed by atoms with Gasteiger partial charge in [0, 0.05) is 32.1 Å². The lowest BCUT2D eigenvalue weighted by Crippen LogP contribution is -2.57. The number of nitrogens with one attached hydrogen (secondary N) is 1. The number of piperazine rings is 1. The second-order valence-corrected chi connectivity index (χ2v) is 6.19. The molecule has 2 heterocycles. The molecule has 5 nitrogen and oxygen atoms in total. The molecule has 2 saturated heterocycles. The Hall–Kier alpha value is -0.650. The monoisotopic (exact) mass is 267 g/mol. The number of carbonyl (C=O) groups excluding carboxylic acids is 1. The van der Waals surface area contributed by atoms with Crippen molar-refractivity contribution in [2.75, 3.05) is 46.4 Å². The molecule has 1 saturated carbocycles. The minimum absolute atomic E-state index is 0.191. The molecule has 0 aromatic rings. The topological polar surface area (TPSA) is 44.8 Å². The highest BCUT2D eigenvalue weighted by atomic mass is 16.5. The van der Waals surface area contributed by atoms with E-state index >= 15 is 0 Å². The zero-order valence-electron chi connectivity index (χ0n) is 11.8. The first-order valence-electron chi connectivity index (χ1n) is 7.55. The van der Waals surface area contributed by atoms with Crippen LogP contribution in [-0.2, 0) is 9.53 Å². The van der Waals surface area contributed by atoms with Gasteiger partial charge in [-0.2, -0.15) is 0 Å². The Morgan fingerprint density at radius 1 is 1.16 bits per heavy atom. The van der Waals surface area contributed by atoms with Gasteiger partial charge in [-0.3, -0.25) is 9.69 Å². The molecule has 0 aromatic carbocycles. The maximum Gasteiger partial charge on any atom is 0.223 e. The number of nitrogens with zero attached hydrogens (tertiary/aromatic N) is 2. The summed E-state index contributed by atoms with van der Waals surface area (Å²) in [6.45, 7) is 5.83. The van der Waals surface area contributed by atoms with Crippen molar-refractivity contribution >= 4 is 5.91 Å². The molecule has 0 spiro atoms. The molecule has 1 amide bonds. The van der Waals surface area contributed by atoms with Gasteiger partial charge in [-0.05, 0) is 19.9 Å². The molecular formula is C14H25N3O2. The molecule has 3 fully saturated rings. The van der Waals surface area contributed by atoms with E-state index in [4.69, 9.17) is 4.74 Å². The van der Waals surface area contributed by atoms with Crippen molar-refractivity contribution < 1.29 is 9.53 Å². The van der Waals surface area contributed by atoms with Crippen LogP contribution in [0.2, 0.25) is 0 Å². The van der Waals surface area contributed by atoms with Crippen molar-refractivity contribution in [3.05, 3.63) is 0 Å². The quantitative estimate of drug-likeness (QED) is 0.777. The second kappa shape index (κ2) is 5.77. The zero-order chi connectivity index (χ0) is 13.2. The van der Waals surface area contributed by atoms with Gasteiger partial charge in [-0.15, -0.1) is 0 Å². The van der Waals surface area contributed by atoms with Crippen molar-refractivity contribution in [3.8, 4) is 0 Å². The average molecular weight is 267 g/mol. The third-order valence-electron chi connectivity index (χ3n) is 4.86. The summed E-state index contributed by atoms with van der Waals surface area (Å²) in [6.07, 6.45) is 3.35. The lowest BCUT2D eigenvalue weighted by molar-refractivity contribution is -0.128. The number of ether oxygens (including phenoxy) is 1. The van der Waals surface area contributed by atoms with Crippen molar-refractivity contribution in [2.45, 2.75) is 31.3 Å². The minimum Gasteiger partial charge on any atom is -0.378 e. The van der Waals surface area contributed by atoms with E-state index in [-0.39, 0.29) is 17.9 Å². The molecule has 1 N–H and O–H groups in total. The fraction of sp³-hybridized carbons (Fsp3) is 0.929. The van der Waals surface area contributed by atoms with Crippen molar-refractivity contribution in [1.29, 1.82) is 0 Å². The minimum atomic E-state index is 0.191. The van der Waals surface area contributed by atoms with Gasteiger partial charge in [-0.25, -0.2) is 0 Å². The van der Waals surface area contributed by atoms with E-state index in [0.29, 0.717) is 12.6 Å². The fourth-order valence-electron chi connectivity index (χ4n) is 3.17. The van der Waals surface area contributed by atoms with Gasteiger partial charge in [0.25, 0.3) is 0 Å². The summed E-state index contributed by atoms with van der Waals surface area (Å²) in [5.41, 5.74) is 0. The van der Waals surface area contributed by atoms with E-state index in [1.807, 2.05) is 0 Å². The normalized spacial score (nSPS) is 34.2. The van der Waals surface area contributed by atoms with Gasteiger partial charge in [-0.1, -0.05) is 6.42 Å². The highest BCUT2D eigenvalue weighted by Gasteiger charge is 2.37. The summed E-state index contributed by atoms with van der Waals surface area (Å²) in [6, 6.07) is 0.564. The SMILES string of the molecule is CN1CCN([C@H]2COC[C@@H]2NC(=O)C2CCC2)CC1. The first-order chi connectivity index (χ1) is 9.24. The summed E-state index contributed by atoms with van der Waals surface area (Å²) < 4.78 is 5.61. The Morgan fingerprint density at radius 2 is 1.89 bits per heavy atom. The summed E-state index contributed by atoms with van der Waals surface area (Å²) in [5.74, 6) is 0.523. The number of likely N-dealkylation sites (N-methyl/N-ethyl adjacent to an activating group) is 1. The van der Waals surface area contributed by atoms with Crippen LogP contribution in [0.15, 0.2) is 0 Å². The lowest BCUT2D eigenvalue weighted by Gasteiger charge is -2.38. The highest BCUT2D eigenvalue weighted by molar-refractivity contribution is 5.79. The van der Waals surface area contributed by atoms with E-state index in [1.165, 1.54) is 6.42 Å². The number of carbonyl (C=O) groups is 1. The van der Waals surface area contributed by atoms with Crippen LogP contribution in [-0.4, -0.2) is 74.2 Å². The van der Waals surface area contributed by atoms with Crippen LogP contribution >= 0.6 is 0 Å². The molecule has 108 valence electrons. The molecule has 0 radical (unpaired) electrons. The average Bonchev–Trinajstić information content (AvgIpc) is 2.76. The third-order valence-corrected chi connectivity index (χ3v) is 4.86. The lowest BCUT2D eigenvalue weighted by atomic mass is 9.84. The smallest absolute Gasteiger partial charge is 0.223 e. The predicted octanol–water partition coefficient (Wildman–Crippen LogP) is -0.0825. The van der Waals surface area contributed by atoms with Crippen molar-refractivity contribution in [1.82, 2.24) is 15.1 Å². The molecule has 19 heavy (non-hydrogen) atoms. The van der Waals surface area contributed by atoms with Crippen LogP contribution in [0.4, 0.5) is 0 Å². The van der Waals surface area contributed by atoms with Gasteiger partial charge in [0.15, 0.2) is 0 Å². The van der Waals surface area contributed by atoms with Gasteiger partial charge >= 0.3 is 0 Å². The Kier molecular flexibility index (Phi) is 4.05. The van der Waals surface area contributed by atoms with E-state index in [1.54, 1.807) is 0 Å². The Morgan fingerprint density at radius 3 is 2.53 bits per heavy atom. The highest BCUT2D eigenvalue weighted by Crippen LogP contribution is 2.27. The molecule has 3 rings (SSSR count). The standard InChI is InChI=1S/C14H25N3O2/c1-16-5-7-17(8-6-16)13-10-19-9-12(13)15-14(18)11-3-2-4-11/h11-13H,2-10H2,1H3,(H,15,18)/t12-,13-/m0/s1. The molecule has 2 atom stereocenters. The first kappa shape index (κ1) is 13.3. The molecule has 0 aromatic heterocycles. The summed E-state index contributed by atoms with van der Waals surface area (Å²) in [7, 11) is 2.17. The van der Waals surface area contributed by atoms with E-state index in [0.717, 1.165) is 45.6 Å². The van der Waals surface area contributed by atoms with Crippen LogP contribution in [0.3, 0.4) is 0 Å². The maximum absolute atomic E-state index is 12.1. The Bertz CT molecular complexity index is 325. The van der Waals surface area contributed by atoms with Crippen LogP contribution in [0, 0.1) is 5.92 Å². The molecule has 0 bridgehead atoms. The summed E-state index contributed by atoms with van der Waals surface area (Å²) >= 11 is 0. The van der Waals surface area contributed by atoms with Gasteiger partial charge in [0.05, 0.1) is 25.3 Å². The Labute approximate surface area is 115 Å². The van der Waals surface area contributed by atoms with Gasteiger partial charge < -0.3 is 15.0 Å². The van der Waals surface area contributed by atoms with Crippen LogP contribution < -0.4 is 5.32 Å². The molecule has 0 unspecified atom stereocenters. The summed E-state index contributed by atoms with van der Waals surface area (Å²) in [5, 5.41) is 3.22. The number of hydrogen-bond donors (Lipinski definition) is 1. The Balaban J connectivity index is 1.53. The van der Waals surface area contributed by atoms with Crippen LogP contribution in [0.1, 0.15) is 19.3 Å². The molecular weight excluding hydrogens is 242 g/mol.